The van der Waals surface area contributed by atoms with Gasteiger partial charge in [-0.25, -0.2) is 0 Å². The molecule has 0 N–H and O–H groups in total. The molecular weight excluding hydrogens is 320 g/mol. The van der Waals surface area contributed by atoms with Crippen molar-refractivity contribution >= 4 is 0 Å². The maximum atomic E-state index is 5.85. The molecule has 0 aromatic carbocycles. The summed E-state index contributed by atoms with van der Waals surface area (Å²) in [6, 6.07) is 0. The molecule has 0 saturated carbocycles. The number of hydrogen-bond donors (Lipinski definition) is 0. The normalized spacial score (nSPS) is 35.5. The zero-order valence-electron chi connectivity index (χ0n) is 13.9. The van der Waals surface area contributed by atoms with E-state index in [1.165, 1.54) is 0 Å². The molecule has 4 aliphatic rings. The molecule has 0 aromatic rings. The second-order valence-corrected chi connectivity index (χ2v) is 6.99. The summed E-state index contributed by atoms with van der Waals surface area (Å²) in [4.78, 5) is 0. The lowest BCUT2D eigenvalue weighted by Crippen LogP contribution is -2.43. The monoisotopic (exact) mass is 346 g/mol. The van der Waals surface area contributed by atoms with Crippen LogP contribution in [0.1, 0.15) is 0 Å². The zero-order valence-corrected chi connectivity index (χ0v) is 13.9. The number of epoxide rings is 4. The molecule has 0 aliphatic carbocycles. The summed E-state index contributed by atoms with van der Waals surface area (Å²) in [5, 5.41) is 0. The minimum Gasteiger partial charge on any atom is -0.378 e. The molecule has 4 heterocycles. The third kappa shape index (κ3) is 6.20. The van der Waals surface area contributed by atoms with Crippen LogP contribution in [0.4, 0.5) is 0 Å². The van der Waals surface area contributed by atoms with Crippen molar-refractivity contribution in [2.75, 3.05) is 72.7 Å². The van der Waals surface area contributed by atoms with Crippen LogP contribution in [0.3, 0.4) is 0 Å². The number of hydrogen-bond acceptors (Lipinski definition) is 8. The lowest BCUT2D eigenvalue weighted by molar-refractivity contribution is -0.121. The first-order valence-corrected chi connectivity index (χ1v) is 8.63. The minimum atomic E-state index is -0.370. The standard InChI is InChI=1S/C16H26O8/c1(12-4-20-12)17-8-16(11-24-15-7-23-15,9-18-2-13-5-21-13)10-19-3-14-6-22-14/h12-15H,1-11H2. The fraction of sp³-hybridized carbons (Fsp3) is 1.00. The molecule has 4 fully saturated rings. The van der Waals surface area contributed by atoms with E-state index in [0.29, 0.717) is 52.9 Å². The Morgan fingerprint density at radius 2 is 1.04 bits per heavy atom. The molecule has 8 nitrogen and oxygen atoms in total. The van der Waals surface area contributed by atoms with E-state index in [4.69, 9.17) is 37.9 Å². The molecule has 0 aromatic heterocycles. The van der Waals surface area contributed by atoms with Gasteiger partial charge in [0.05, 0.1) is 71.5 Å². The maximum Gasteiger partial charge on any atom is 0.181 e. The van der Waals surface area contributed by atoms with Gasteiger partial charge >= 0.3 is 0 Å². The molecule has 0 amide bonds. The summed E-state index contributed by atoms with van der Waals surface area (Å²) in [6.45, 7) is 6.75. The third-order valence-corrected chi connectivity index (χ3v) is 4.22. The van der Waals surface area contributed by atoms with Crippen LogP contribution in [0.25, 0.3) is 0 Å². The molecule has 0 radical (unpaired) electrons. The molecule has 8 heteroatoms. The third-order valence-electron chi connectivity index (χ3n) is 4.22. The van der Waals surface area contributed by atoms with Crippen LogP contribution in [0, 0.1) is 5.41 Å². The highest BCUT2D eigenvalue weighted by Gasteiger charge is 2.38. The minimum absolute atomic E-state index is 0.102. The molecule has 138 valence electrons. The van der Waals surface area contributed by atoms with E-state index in [1.54, 1.807) is 0 Å². The van der Waals surface area contributed by atoms with Crippen LogP contribution in [0.2, 0.25) is 0 Å². The number of ether oxygens (including phenoxy) is 8. The first-order chi connectivity index (χ1) is 11.8. The van der Waals surface area contributed by atoms with Crippen LogP contribution in [0.5, 0.6) is 0 Å². The fourth-order valence-electron chi connectivity index (χ4n) is 2.37. The van der Waals surface area contributed by atoms with E-state index in [2.05, 4.69) is 0 Å². The Morgan fingerprint density at radius 1 is 0.625 bits per heavy atom. The molecule has 24 heavy (non-hydrogen) atoms. The van der Waals surface area contributed by atoms with Crippen LogP contribution in [0.15, 0.2) is 0 Å². The summed E-state index contributed by atoms with van der Waals surface area (Å²) < 4.78 is 44.1. The van der Waals surface area contributed by atoms with Gasteiger partial charge in [0.2, 0.25) is 0 Å². The topological polar surface area (TPSA) is 87.0 Å². The number of rotatable bonds is 15. The largest absolute Gasteiger partial charge is 0.378 e. The van der Waals surface area contributed by atoms with Crippen molar-refractivity contribution in [1.82, 2.24) is 0 Å². The first-order valence-electron chi connectivity index (χ1n) is 8.63. The highest BCUT2D eigenvalue weighted by Crippen LogP contribution is 2.26. The van der Waals surface area contributed by atoms with Gasteiger partial charge in [0.25, 0.3) is 0 Å². The second kappa shape index (κ2) is 7.92. The Hall–Kier alpha value is -0.320. The predicted molar refractivity (Wildman–Crippen MR) is 79.8 cm³/mol. The second-order valence-electron chi connectivity index (χ2n) is 6.99. The van der Waals surface area contributed by atoms with Crippen LogP contribution < -0.4 is 0 Å². The molecule has 4 unspecified atom stereocenters. The summed E-state index contributed by atoms with van der Waals surface area (Å²) in [7, 11) is 0. The van der Waals surface area contributed by atoms with Crippen molar-refractivity contribution in [2.24, 2.45) is 5.41 Å². The molecule has 4 atom stereocenters. The quantitative estimate of drug-likeness (QED) is 0.370. The summed E-state index contributed by atoms with van der Waals surface area (Å²) >= 11 is 0. The average molecular weight is 346 g/mol. The van der Waals surface area contributed by atoms with Crippen molar-refractivity contribution in [3.8, 4) is 0 Å². The predicted octanol–water partition coefficient (Wildman–Crippen LogP) is -0.408. The van der Waals surface area contributed by atoms with E-state index in [9.17, 15) is 0 Å². The lowest BCUT2D eigenvalue weighted by atomic mass is 9.92. The Morgan fingerprint density at radius 3 is 1.38 bits per heavy atom. The van der Waals surface area contributed by atoms with Crippen molar-refractivity contribution in [2.45, 2.75) is 24.6 Å². The van der Waals surface area contributed by atoms with E-state index in [0.717, 1.165) is 19.8 Å². The average Bonchev–Trinajstić information content (AvgIpc) is 3.43. The van der Waals surface area contributed by atoms with Crippen molar-refractivity contribution < 1.29 is 37.9 Å². The van der Waals surface area contributed by atoms with Gasteiger partial charge in [0, 0.05) is 0 Å². The van der Waals surface area contributed by atoms with Gasteiger partial charge in [0.1, 0.15) is 24.9 Å². The van der Waals surface area contributed by atoms with Crippen LogP contribution in [-0.2, 0) is 37.9 Å². The van der Waals surface area contributed by atoms with Gasteiger partial charge in [-0.1, -0.05) is 0 Å². The fourth-order valence-corrected chi connectivity index (χ4v) is 2.37. The van der Waals surface area contributed by atoms with Crippen molar-refractivity contribution in [3.05, 3.63) is 0 Å². The van der Waals surface area contributed by atoms with Crippen LogP contribution >= 0.6 is 0 Å². The highest BCUT2D eigenvalue weighted by molar-refractivity contribution is 4.82. The Bertz CT molecular complexity index is 344. The van der Waals surface area contributed by atoms with Gasteiger partial charge in [-0.05, 0) is 0 Å². The molecular formula is C16H26O8. The van der Waals surface area contributed by atoms with E-state index < -0.39 is 0 Å². The SMILES string of the molecule is C(OCC(COCC1CO1)(COCC1CO1)COC1CO1)C1CO1. The summed E-state index contributed by atoms with van der Waals surface area (Å²) in [6.07, 6.45) is 0.598. The first kappa shape index (κ1) is 17.1. The van der Waals surface area contributed by atoms with Gasteiger partial charge in [-0.15, -0.1) is 0 Å². The molecule has 0 spiro atoms. The van der Waals surface area contributed by atoms with Gasteiger partial charge < -0.3 is 37.9 Å². The van der Waals surface area contributed by atoms with Gasteiger partial charge in [-0.2, -0.15) is 0 Å². The van der Waals surface area contributed by atoms with E-state index >= 15 is 0 Å². The van der Waals surface area contributed by atoms with Crippen LogP contribution in [-0.4, -0.2) is 97.3 Å². The van der Waals surface area contributed by atoms with Crippen molar-refractivity contribution in [1.29, 1.82) is 0 Å². The van der Waals surface area contributed by atoms with Gasteiger partial charge in [-0.3, -0.25) is 0 Å². The molecule has 4 rings (SSSR count). The smallest absolute Gasteiger partial charge is 0.181 e. The lowest BCUT2D eigenvalue weighted by Gasteiger charge is -2.32. The van der Waals surface area contributed by atoms with Crippen molar-refractivity contribution in [3.63, 3.8) is 0 Å². The Labute approximate surface area is 141 Å². The Balaban J connectivity index is 1.28. The van der Waals surface area contributed by atoms with E-state index in [1.807, 2.05) is 0 Å². The molecule has 4 aliphatic heterocycles. The zero-order chi connectivity index (χ0) is 16.2. The molecule has 4 saturated heterocycles. The van der Waals surface area contributed by atoms with E-state index in [-0.39, 0.29) is 30.0 Å². The summed E-state index contributed by atoms with van der Waals surface area (Å²) in [5.41, 5.74) is -0.370. The molecule has 0 bridgehead atoms. The highest BCUT2D eigenvalue weighted by atomic mass is 16.8. The Kier molecular flexibility index (Phi) is 5.65. The maximum absolute atomic E-state index is 5.85. The van der Waals surface area contributed by atoms with Gasteiger partial charge in [0.15, 0.2) is 6.29 Å². The summed E-state index contributed by atoms with van der Waals surface area (Å²) in [5.74, 6) is 0.